The zero-order chi connectivity index (χ0) is 38.3. The second kappa shape index (κ2) is 13.0. The second-order valence-corrected chi connectivity index (χ2v) is 16.3. The van der Waals surface area contributed by atoms with Gasteiger partial charge in [-0.05, 0) is 153 Å². The number of benzene rings is 7. The average Bonchev–Trinajstić information content (AvgIpc) is 3.97. The molecule has 0 amide bonds. The molecule has 3 nitrogen and oxygen atoms in total. The van der Waals surface area contributed by atoms with Crippen LogP contribution >= 0.6 is 0 Å². The molecular formula is C55H41N3. The first-order chi connectivity index (χ1) is 28.6. The molecule has 7 aromatic carbocycles. The topological polar surface area (TPSA) is 25.6 Å². The van der Waals surface area contributed by atoms with E-state index in [-0.39, 0.29) is 0 Å². The van der Waals surface area contributed by atoms with Gasteiger partial charge in [0.05, 0.1) is 11.0 Å². The van der Waals surface area contributed by atoms with Crippen LogP contribution < -0.4 is 0 Å². The van der Waals surface area contributed by atoms with Gasteiger partial charge in [0, 0.05) is 45.3 Å². The molecule has 0 spiro atoms. The standard InChI is InChI=1S/C55H41N3/c1-35-26-27-57(34-35)58-54-25-23-43(41-18-14-39(15-19-41)37-10-6-3-7-11-37)29-50(54)51-31-45-21-20-44-30-49-48-28-42(40-16-12-38(13-17-40)36-8-4-2-5-9-36)22-24-52(48)56-53(49)32-46(44)47(45)33-55(51)58/h2-19,23,25-34,56H,20-22,24H2,1H3. The van der Waals surface area contributed by atoms with Gasteiger partial charge in [-0.1, -0.05) is 115 Å². The van der Waals surface area contributed by atoms with Crippen molar-refractivity contribution >= 4 is 44.4 Å². The molecular weight excluding hydrogens is 703 g/mol. The zero-order valence-electron chi connectivity index (χ0n) is 32.5. The summed E-state index contributed by atoms with van der Waals surface area (Å²) in [4.78, 5) is 3.88. The highest BCUT2D eigenvalue weighted by Crippen LogP contribution is 2.44. The maximum Gasteiger partial charge on any atom is 0.0722 e. The molecule has 0 saturated carbocycles. The van der Waals surface area contributed by atoms with Gasteiger partial charge in [-0.15, -0.1) is 0 Å². The summed E-state index contributed by atoms with van der Waals surface area (Å²) in [5.41, 5.74) is 23.4. The first kappa shape index (κ1) is 33.1. The Labute approximate surface area is 338 Å². The Morgan fingerprint density at radius 3 is 1.69 bits per heavy atom. The number of allylic oxidation sites excluding steroid dienone is 1. The van der Waals surface area contributed by atoms with Crippen LogP contribution in [0.5, 0.6) is 0 Å². The van der Waals surface area contributed by atoms with Gasteiger partial charge in [-0.25, -0.2) is 4.68 Å². The van der Waals surface area contributed by atoms with Gasteiger partial charge >= 0.3 is 0 Å². The van der Waals surface area contributed by atoms with E-state index in [9.17, 15) is 0 Å². The normalized spacial score (nSPS) is 13.4. The van der Waals surface area contributed by atoms with Crippen molar-refractivity contribution in [2.45, 2.75) is 32.6 Å². The molecule has 3 heterocycles. The number of aryl methyl sites for hydroxylation is 4. The van der Waals surface area contributed by atoms with Crippen LogP contribution in [0.1, 0.15) is 39.9 Å². The van der Waals surface area contributed by atoms with Gasteiger partial charge in [-0.3, -0.25) is 4.68 Å². The van der Waals surface area contributed by atoms with E-state index in [1.54, 1.807) is 0 Å². The minimum atomic E-state index is 1.02. The number of H-pyrrole nitrogens is 1. The monoisotopic (exact) mass is 743 g/mol. The molecule has 0 radical (unpaired) electrons. The molecule has 0 fully saturated rings. The average molecular weight is 744 g/mol. The Bertz CT molecular complexity index is 3240. The molecule has 0 saturated heterocycles. The molecule has 10 aromatic rings. The number of nitrogens with zero attached hydrogens (tertiary/aromatic N) is 2. The lowest BCUT2D eigenvalue weighted by Crippen LogP contribution is -2.07. The SMILES string of the molecule is Cc1ccn(-n2c3ccc(-c4ccc(-c5ccccc5)cc4)cc3c3cc4c(cc32)-c2cc3[nH]c5c(c3cc2CC4)C=C(c2ccc(-c3ccccc3)cc2)CC5)c1. The fraction of sp³-hybridized carbons (Fsp3) is 0.0909. The summed E-state index contributed by atoms with van der Waals surface area (Å²) in [5, 5.41) is 3.93. The molecule has 0 atom stereocenters. The number of rotatable bonds is 5. The summed E-state index contributed by atoms with van der Waals surface area (Å²) < 4.78 is 4.66. The molecule has 2 aliphatic carbocycles. The highest BCUT2D eigenvalue weighted by Gasteiger charge is 2.24. The van der Waals surface area contributed by atoms with E-state index in [2.05, 4.69) is 197 Å². The smallest absolute Gasteiger partial charge is 0.0722 e. The van der Waals surface area contributed by atoms with Crippen molar-refractivity contribution in [3.8, 4) is 44.5 Å². The fourth-order valence-electron chi connectivity index (χ4n) is 9.77. The second-order valence-electron chi connectivity index (χ2n) is 16.3. The van der Waals surface area contributed by atoms with Crippen LogP contribution in [-0.2, 0) is 19.3 Å². The lowest BCUT2D eigenvalue weighted by Gasteiger charge is -2.21. The van der Waals surface area contributed by atoms with E-state index in [1.165, 1.54) is 116 Å². The van der Waals surface area contributed by atoms with E-state index in [0.29, 0.717) is 0 Å². The van der Waals surface area contributed by atoms with Gasteiger partial charge < -0.3 is 4.98 Å². The molecule has 58 heavy (non-hydrogen) atoms. The predicted octanol–water partition coefficient (Wildman–Crippen LogP) is 14.0. The third kappa shape index (κ3) is 5.34. The quantitative estimate of drug-likeness (QED) is 0.182. The van der Waals surface area contributed by atoms with Crippen molar-refractivity contribution in [3.63, 3.8) is 0 Å². The first-order valence-corrected chi connectivity index (χ1v) is 20.6. The molecule has 0 aliphatic heterocycles. The van der Waals surface area contributed by atoms with Crippen LogP contribution in [0.25, 0.3) is 88.9 Å². The lowest BCUT2D eigenvalue weighted by atomic mass is 9.83. The van der Waals surface area contributed by atoms with Crippen molar-refractivity contribution in [3.05, 3.63) is 204 Å². The maximum atomic E-state index is 3.88. The van der Waals surface area contributed by atoms with Crippen LogP contribution in [0.3, 0.4) is 0 Å². The van der Waals surface area contributed by atoms with Crippen LogP contribution in [-0.4, -0.2) is 14.3 Å². The summed E-state index contributed by atoms with van der Waals surface area (Å²) >= 11 is 0. The van der Waals surface area contributed by atoms with Gasteiger partial charge in [0.2, 0.25) is 0 Å². The predicted molar refractivity (Wildman–Crippen MR) is 243 cm³/mol. The van der Waals surface area contributed by atoms with Gasteiger partial charge in [0.1, 0.15) is 0 Å². The van der Waals surface area contributed by atoms with E-state index in [0.717, 1.165) is 25.7 Å². The zero-order valence-corrected chi connectivity index (χ0v) is 32.5. The van der Waals surface area contributed by atoms with Crippen molar-refractivity contribution < 1.29 is 0 Å². The molecule has 0 unspecified atom stereocenters. The van der Waals surface area contributed by atoms with Gasteiger partial charge in [0.25, 0.3) is 0 Å². The van der Waals surface area contributed by atoms with E-state index >= 15 is 0 Å². The molecule has 0 bridgehead atoms. The number of nitrogens with one attached hydrogen (secondary N) is 1. The Hall–Kier alpha value is -7.10. The van der Waals surface area contributed by atoms with E-state index in [1.807, 2.05) is 0 Å². The summed E-state index contributed by atoms with van der Waals surface area (Å²) in [6.45, 7) is 2.17. The number of aromatic amines is 1. The number of aromatic nitrogens is 3. The first-order valence-electron chi connectivity index (χ1n) is 20.6. The Kier molecular flexibility index (Phi) is 7.40. The van der Waals surface area contributed by atoms with Crippen LogP contribution in [0, 0.1) is 6.92 Å². The molecule has 1 N–H and O–H groups in total. The maximum absolute atomic E-state index is 3.88. The van der Waals surface area contributed by atoms with Crippen molar-refractivity contribution in [2.24, 2.45) is 0 Å². The van der Waals surface area contributed by atoms with Gasteiger partial charge in [0.15, 0.2) is 0 Å². The number of hydrogen-bond acceptors (Lipinski definition) is 0. The highest BCUT2D eigenvalue weighted by atomic mass is 15.4. The summed E-state index contributed by atoms with van der Waals surface area (Å²) in [5.74, 6) is 0. The fourth-order valence-corrected chi connectivity index (χ4v) is 9.77. The Morgan fingerprint density at radius 1 is 0.466 bits per heavy atom. The molecule has 2 aliphatic rings. The third-order valence-corrected chi connectivity index (χ3v) is 12.8. The molecule has 3 aromatic heterocycles. The highest BCUT2D eigenvalue weighted by molar-refractivity contribution is 6.11. The lowest BCUT2D eigenvalue weighted by molar-refractivity contribution is 0.717. The van der Waals surface area contributed by atoms with Crippen molar-refractivity contribution in [1.82, 2.24) is 14.3 Å². The van der Waals surface area contributed by atoms with Crippen LogP contribution in [0.4, 0.5) is 0 Å². The number of hydrogen-bond donors (Lipinski definition) is 1. The molecule has 12 rings (SSSR count). The summed E-state index contributed by atoms with van der Waals surface area (Å²) in [6, 6.07) is 58.5. The summed E-state index contributed by atoms with van der Waals surface area (Å²) in [6.07, 6.45) is 11.0. The van der Waals surface area contributed by atoms with Gasteiger partial charge in [-0.2, -0.15) is 0 Å². The largest absolute Gasteiger partial charge is 0.358 e. The minimum Gasteiger partial charge on any atom is -0.358 e. The Morgan fingerprint density at radius 2 is 1.03 bits per heavy atom. The Balaban J connectivity index is 0.951. The van der Waals surface area contributed by atoms with Crippen LogP contribution in [0.2, 0.25) is 0 Å². The number of fused-ring (bicyclic) bond motifs is 9. The van der Waals surface area contributed by atoms with Crippen molar-refractivity contribution in [1.29, 1.82) is 0 Å². The third-order valence-electron chi connectivity index (χ3n) is 12.8. The summed E-state index contributed by atoms with van der Waals surface area (Å²) in [7, 11) is 0. The van der Waals surface area contributed by atoms with Crippen molar-refractivity contribution in [2.75, 3.05) is 0 Å². The van der Waals surface area contributed by atoms with E-state index < -0.39 is 0 Å². The molecule has 3 heteroatoms. The minimum absolute atomic E-state index is 1.02. The molecule has 276 valence electrons. The van der Waals surface area contributed by atoms with Crippen LogP contribution in [0.15, 0.2) is 170 Å². The van der Waals surface area contributed by atoms with E-state index in [4.69, 9.17) is 0 Å².